The van der Waals surface area contributed by atoms with Crippen molar-refractivity contribution in [3.8, 4) is 0 Å². The van der Waals surface area contributed by atoms with E-state index >= 15 is 0 Å². The quantitative estimate of drug-likeness (QED) is 0.479. The largest absolute Gasteiger partial charge is 0.380 e. The first kappa shape index (κ1) is 13.7. The van der Waals surface area contributed by atoms with Gasteiger partial charge in [-0.2, -0.15) is 0 Å². The summed E-state index contributed by atoms with van der Waals surface area (Å²) >= 11 is 0. The molecule has 1 rings (SSSR count). The summed E-state index contributed by atoms with van der Waals surface area (Å²) in [6.07, 6.45) is 0. The number of halogens is 5. The lowest BCUT2D eigenvalue weighted by molar-refractivity contribution is 0.378. The normalized spacial score (nSPS) is 11.8. The van der Waals surface area contributed by atoms with Crippen molar-refractivity contribution in [3.63, 3.8) is 0 Å². The van der Waals surface area contributed by atoms with Crippen LogP contribution in [0, 0.1) is 34.5 Å². The monoisotopic (exact) mass is 253 g/mol. The van der Waals surface area contributed by atoms with E-state index in [2.05, 4.69) is 5.32 Å². The third-order valence-electron chi connectivity index (χ3n) is 2.01. The van der Waals surface area contributed by atoms with Gasteiger partial charge in [0.15, 0.2) is 23.3 Å². The van der Waals surface area contributed by atoms with Gasteiger partial charge in [0, 0.05) is 6.54 Å². The summed E-state index contributed by atoms with van der Waals surface area (Å²) in [5.74, 6) is -9.72. The van der Waals surface area contributed by atoms with Crippen LogP contribution in [0.1, 0.15) is 20.8 Å². The Balaban J connectivity index is 3.16. The lowest BCUT2D eigenvalue weighted by Gasteiger charge is -2.20. The molecule has 0 fully saturated rings. The molecule has 0 amide bonds. The second-order valence-electron chi connectivity index (χ2n) is 4.86. The molecule has 0 saturated carbocycles. The Morgan fingerprint density at radius 3 is 1.47 bits per heavy atom. The minimum absolute atomic E-state index is 0.0748. The number of anilines is 1. The third-order valence-corrected chi connectivity index (χ3v) is 2.01. The molecule has 0 aliphatic heterocycles. The van der Waals surface area contributed by atoms with E-state index in [1.165, 1.54) is 0 Å². The number of benzene rings is 1. The number of rotatable bonds is 2. The van der Waals surface area contributed by atoms with Gasteiger partial charge in [-0.05, 0) is 5.41 Å². The Kier molecular flexibility index (Phi) is 3.64. The highest BCUT2D eigenvalue weighted by Crippen LogP contribution is 2.28. The van der Waals surface area contributed by atoms with E-state index in [0.717, 1.165) is 0 Å². The van der Waals surface area contributed by atoms with Crippen molar-refractivity contribution in [1.82, 2.24) is 0 Å². The van der Waals surface area contributed by atoms with E-state index in [9.17, 15) is 22.0 Å². The highest BCUT2D eigenvalue weighted by atomic mass is 19.2. The summed E-state index contributed by atoms with van der Waals surface area (Å²) in [4.78, 5) is 0. The predicted octanol–water partition coefficient (Wildman–Crippen LogP) is 3.84. The van der Waals surface area contributed by atoms with Crippen LogP contribution < -0.4 is 5.32 Å². The van der Waals surface area contributed by atoms with Crippen LogP contribution in [-0.2, 0) is 0 Å². The van der Waals surface area contributed by atoms with Crippen molar-refractivity contribution in [3.05, 3.63) is 29.1 Å². The van der Waals surface area contributed by atoms with Crippen LogP contribution in [0.2, 0.25) is 0 Å². The van der Waals surface area contributed by atoms with Crippen LogP contribution in [0.25, 0.3) is 0 Å². The maximum Gasteiger partial charge on any atom is 0.200 e. The van der Waals surface area contributed by atoms with E-state index in [-0.39, 0.29) is 12.0 Å². The number of hydrogen-bond donors (Lipinski definition) is 1. The van der Waals surface area contributed by atoms with Gasteiger partial charge in [-0.15, -0.1) is 0 Å². The lowest BCUT2D eigenvalue weighted by Crippen LogP contribution is -2.21. The first-order valence-corrected chi connectivity index (χ1v) is 4.90. The molecule has 1 nitrogen and oxygen atoms in total. The molecule has 1 aromatic carbocycles. The molecule has 96 valence electrons. The molecular formula is C11H12F5N. The Morgan fingerprint density at radius 1 is 0.765 bits per heavy atom. The zero-order valence-corrected chi connectivity index (χ0v) is 9.60. The fourth-order valence-corrected chi connectivity index (χ4v) is 1.11. The molecule has 0 aliphatic carbocycles. The van der Waals surface area contributed by atoms with Crippen LogP contribution in [-0.4, -0.2) is 6.54 Å². The highest BCUT2D eigenvalue weighted by Gasteiger charge is 2.26. The van der Waals surface area contributed by atoms with E-state index < -0.39 is 34.8 Å². The fraction of sp³-hybridized carbons (Fsp3) is 0.455. The fourth-order valence-electron chi connectivity index (χ4n) is 1.11. The van der Waals surface area contributed by atoms with Gasteiger partial charge in [0.1, 0.15) is 5.69 Å². The molecule has 0 saturated heterocycles. The van der Waals surface area contributed by atoms with Gasteiger partial charge in [0.25, 0.3) is 0 Å². The van der Waals surface area contributed by atoms with Gasteiger partial charge in [-0.3, -0.25) is 0 Å². The maximum atomic E-state index is 13.2. The first-order valence-electron chi connectivity index (χ1n) is 4.90. The SMILES string of the molecule is CC(C)(C)CNc1c(F)c(F)c(F)c(F)c1F. The zero-order chi connectivity index (χ0) is 13.4. The second-order valence-corrected chi connectivity index (χ2v) is 4.86. The van der Waals surface area contributed by atoms with E-state index in [4.69, 9.17) is 0 Å². The molecule has 0 heterocycles. The standard InChI is InChI=1S/C11H12F5N/c1-11(2,3)4-17-10-8(15)6(13)5(12)7(14)9(10)16/h17H,4H2,1-3H3. The minimum Gasteiger partial charge on any atom is -0.380 e. The average molecular weight is 253 g/mol. The Hall–Kier alpha value is -1.33. The molecular weight excluding hydrogens is 241 g/mol. The van der Waals surface area contributed by atoms with Crippen molar-refractivity contribution in [1.29, 1.82) is 0 Å². The third kappa shape index (κ3) is 2.87. The Labute approximate surface area is 95.6 Å². The predicted molar refractivity (Wildman–Crippen MR) is 54.2 cm³/mol. The molecule has 0 radical (unpaired) electrons. The van der Waals surface area contributed by atoms with Gasteiger partial charge >= 0.3 is 0 Å². The summed E-state index contributed by atoms with van der Waals surface area (Å²) in [6, 6.07) is 0. The van der Waals surface area contributed by atoms with E-state index in [1.807, 2.05) is 0 Å². The maximum absolute atomic E-state index is 13.2. The van der Waals surface area contributed by atoms with Crippen LogP contribution >= 0.6 is 0 Å². The lowest BCUT2D eigenvalue weighted by atomic mass is 9.97. The van der Waals surface area contributed by atoms with E-state index in [0.29, 0.717) is 0 Å². The minimum atomic E-state index is -2.15. The first-order chi connectivity index (χ1) is 7.65. The summed E-state index contributed by atoms with van der Waals surface area (Å²) < 4.78 is 64.7. The summed E-state index contributed by atoms with van der Waals surface area (Å²) in [7, 11) is 0. The van der Waals surface area contributed by atoms with Gasteiger partial charge in [-0.25, -0.2) is 22.0 Å². The molecule has 1 aromatic rings. The average Bonchev–Trinajstić information content (AvgIpc) is 2.22. The summed E-state index contributed by atoms with van der Waals surface area (Å²) in [5.41, 5.74) is -1.35. The second kappa shape index (κ2) is 4.50. The summed E-state index contributed by atoms with van der Waals surface area (Å²) in [5, 5.41) is 2.23. The molecule has 0 atom stereocenters. The highest BCUT2D eigenvalue weighted by molar-refractivity contribution is 5.47. The van der Waals surface area contributed by atoms with Crippen molar-refractivity contribution in [2.45, 2.75) is 20.8 Å². The molecule has 0 aliphatic rings. The Bertz CT molecular complexity index is 407. The Morgan fingerprint density at radius 2 is 1.12 bits per heavy atom. The smallest absolute Gasteiger partial charge is 0.200 e. The molecule has 0 bridgehead atoms. The molecule has 17 heavy (non-hydrogen) atoms. The molecule has 0 spiro atoms. The number of hydrogen-bond acceptors (Lipinski definition) is 1. The van der Waals surface area contributed by atoms with Crippen molar-refractivity contribution in [2.75, 3.05) is 11.9 Å². The van der Waals surface area contributed by atoms with Gasteiger partial charge in [-0.1, -0.05) is 20.8 Å². The van der Waals surface area contributed by atoms with Crippen LogP contribution in [0.4, 0.5) is 27.6 Å². The molecule has 6 heteroatoms. The van der Waals surface area contributed by atoms with Gasteiger partial charge in [0.05, 0.1) is 0 Å². The molecule has 0 aromatic heterocycles. The van der Waals surface area contributed by atoms with Gasteiger partial charge in [0.2, 0.25) is 5.82 Å². The van der Waals surface area contributed by atoms with Crippen LogP contribution in [0.15, 0.2) is 0 Å². The molecule has 1 N–H and O–H groups in total. The topological polar surface area (TPSA) is 12.0 Å². The molecule has 0 unspecified atom stereocenters. The van der Waals surface area contributed by atoms with Crippen molar-refractivity contribution < 1.29 is 22.0 Å². The van der Waals surface area contributed by atoms with Crippen LogP contribution in [0.3, 0.4) is 0 Å². The van der Waals surface area contributed by atoms with Crippen LogP contribution in [0.5, 0.6) is 0 Å². The van der Waals surface area contributed by atoms with Crippen molar-refractivity contribution in [2.24, 2.45) is 5.41 Å². The number of nitrogens with one attached hydrogen (secondary N) is 1. The van der Waals surface area contributed by atoms with Crippen molar-refractivity contribution >= 4 is 5.69 Å². The van der Waals surface area contributed by atoms with Gasteiger partial charge < -0.3 is 5.32 Å². The summed E-state index contributed by atoms with van der Waals surface area (Å²) in [6.45, 7) is 5.34. The van der Waals surface area contributed by atoms with E-state index in [1.54, 1.807) is 20.8 Å². The zero-order valence-electron chi connectivity index (χ0n) is 9.60.